The van der Waals surface area contributed by atoms with Crippen molar-refractivity contribution in [3.05, 3.63) is 59.2 Å². The summed E-state index contributed by atoms with van der Waals surface area (Å²) < 4.78 is 0. The number of aryl methyl sites for hydroxylation is 2. The third kappa shape index (κ3) is 4.72. The molecule has 2 aromatic heterocycles. The van der Waals surface area contributed by atoms with Gasteiger partial charge in [-0.25, -0.2) is 0 Å². The summed E-state index contributed by atoms with van der Waals surface area (Å²) in [4.78, 5) is 34.1. The van der Waals surface area contributed by atoms with Gasteiger partial charge in [0, 0.05) is 25.4 Å². The SMILES string of the molecule is Cc1cccnc1CNC(=O)CC1(C(=O)NCc2ncccc2C)CCNC1. The summed E-state index contributed by atoms with van der Waals surface area (Å²) in [6.07, 6.45) is 4.22. The van der Waals surface area contributed by atoms with Crippen molar-refractivity contribution in [3.8, 4) is 0 Å². The molecule has 0 spiro atoms. The lowest BCUT2D eigenvalue weighted by molar-refractivity contribution is -0.135. The van der Waals surface area contributed by atoms with Gasteiger partial charge < -0.3 is 16.0 Å². The van der Waals surface area contributed by atoms with Crippen LogP contribution >= 0.6 is 0 Å². The van der Waals surface area contributed by atoms with Crippen LogP contribution in [0.5, 0.6) is 0 Å². The van der Waals surface area contributed by atoms with E-state index in [4.69, 9.17) is 0 Å². The van der Waals surface area contributed by atoms with Crippen LogP contribution in [0.2, 0.25) is 0 Å². The van der Waals surface area contributed by atoms with Gasteiger partial charge in [-0.1, -0.05) is 12.1 Å². The fourth-order valence-electron chi connectivity index (χ4n) is 3.48. The Bertz CT molecular complexity index is 846. The van der Waals surface area contributed by atoms with Crippen LogP contribution in [0.25, 0.3) is 0 Å². The molecule has 3 rings (SSSR count). The number of rotatable bonds is 7. The summed E-state index contributed by atoms with van der Waals surface area (Å²) in [6, 6.07) is 7.67. The first-order valence-corrected chi connectivity index (χ1v) is 9.57. The molecule has 0 bridgehead atoms. The lowest BCUT2D eigenvalue weighted by atomic mass is 9.82. The minimum absolute atomic E-state index is 0.105. The van der Waals surface area contributed by atoms with Crippen LogP contribution in [0.4, 0.5) is 0 Å². The quantitative estimate of drug-likeness (QED) is 0.674. The molecular weight excluding hydrogens is 354 g/mol. The summed E-state index contributed by atoms with van der Waals surface area (Å²) in [6.45, 7) is 5.88. The Hall–Kier alpha value is -2.80. The predicted octanol–water partition coefficient (Wildman–Crippen LogP) is 1.40. The Morgan fingerprint density at radius 2 is 1.64 bits per heavy atom. The molecule has 0 radical (unpaired) electrons. The van der Waals surface area contributed by atoms with Gasteiger partial charge in [-0.3, -0.25) is 19.6 Å². The predicted molar refractivity (Wildman–Crippen MR) is 106 cm³/mol. The number of hydrogen-bond acceptors (Lipinski definition) is 5. The van der Waals surface area contributed by atoms with E-state index in [-0.39, 0.29) is 18.2 Å². The molecule has 2 amide bonds. The van der Waals surface area contributed by atoms with Gasteiger partial charge in [0.1, 0.15) is 0 Å². The number of amides is 2. The average molecular weight is 381 g/mol. The normalized spacial score (nSPS) is 18.6. The summed E-state index contributed by atoms with van der Waals surface area (Å²) in [5.41, 5.74) is 3.01. The summed E-state index contributed by atoms with van der Waals surface area (Å²) in [5, 5.41) is 9.11. The van der Waals surface area contributed by atoms with Gasteiger partial charge in [0.25, 0.3) is 0 Å². The van der Waals surface area contributed by atoms with E-state index < -0.39 is 5.41 Å². The molecule has 7 nitrogen and oxygen atoms in total. The van der Waals surface area contributed by atoms with E-state index in [1.54, 1.807) is 12.4 Å². The Kier molecular flexibility index (Phi) is 6.36. The van der Waals surface area contributed by atoms with Crippen molar-refractivity contribution in [1.29, 1.82) is 0 Å². The topological polar surface area (TPSA) is 96.0 Å². The Labute approximate surface area is 165 Å². The summed E-state index contributed by atoms with van der Waals surface area (Å²) >= 11 is 0. The van der Waals surface area contributed by atoms with Crippen LogP contribution in [-0.4, -0.2) is 34.9 Å². The van der Waals surface area contributed by atoms with Crippen LogP contribution in [0.1, 0.15) is 35.4 Å². The minimum Gasteiger partial charge on any atom is -0.350 e. The highest BCUT2D eigenvalue weighted by molar-refractivity contribution is 5.89. The van der Waals surface area contributed by atoms with Crippen LogP contribution < -0.4 is 16.0 Å². The highest BCUT2D eigenvalue weighted by Crippen LogP contribution is 2.30. The van der Waals surface area contributed by atoms with Gasteiger partial charge >= 0.3 is 0 Å². The molecule has 1 atom stereocenters. The Balaban J connectivity index is 1.59. The molecule has 148 valence electrons. The molecule has 1 aliphatic rings. The van der Waals surface area contributed by atoms with E-state index in [0.29, 0.717) is 26.1 Å². The van der Waals surface area contributed by atoms with Crippen molar-refractivity contribution in [3.63, 3.8) is 0 Å². The molecule has 1 fully saturated rings. The summed E-state index contributed by atoms with van der Waals surface area (Å²) in [5.74, 6) is -0.246. The number of nitrogens with one attached hydrogen (secondary N) is 3. The number of hydrogen-bond donors (Lipinski definition) is 3. The lowest BCUT2D eigenvalue weighted by Crippen LogP contribution is -2.45. The van der Waals surface area contributed by atoms with Crippen molar-refractivity contribution in [2.24, 2.45) is 5.41 Å². The Morgan fingerprint density at radius 3 is 2.18 bits per heavy atom. The maximum Gasteiger partial charge on any atom is 0.228 e. The third-order valence-electron chi connectivity index (χ3n) is 5.33. The molecule has 7 heteroatoms. The molecule has 0 saturated carbocycles. The van der Waals surface area contributed by atoms with Gasteiger partial charge in [0.2, 0.25) is 11.8 Å². The Morgan fingerprint density at radius 1 is 1.04 bits per heavy atom. The number of carbonyl (C=O) groups is 2. The van der Waals surface area contributed by atoms with Crippen molar-refractivity contribution < 1.29 is 9.59 Å². The molecule has 0 aromatic carbocycles. The number of carbonyl (C=O) groups excluding carboxylic acids is 2. The van der Waals surface area contributed by atoms with Gasteiger partial charge in [-0.2, -0.15) is 0 Å². The molecular formula is C21H27N5O2. The zero-order valence-corrected chi connectivity index (χ0v) is 16.4. The van der Waals surface area contributed by atoms with Crippen molar-refractivity contribution in [2.75, 3.05) is 13.1 Å². The lowest BCUT2D eigenvalue weighted by Gasteiger charge is -2.26. The number of nitrogens with zero attached hydrogens (tertiary/aromatic N) is 2. The second-order valence-corrected chi connectivity index (χ2v) is 7.38. The van der Waals surface area contributed by atoms with Crippen LogP contribution in [0, 0.1) is 19.3 Å². The van der Waals surface area contributed by atoms with Gasteiger partial charge in [-0.05, 0) is 50.1 Å². The van der Waals surface area contributed by atoms with Crippen LogP contribution in [0.3, 0.4) is 0 Å². The number of aromatic nitrogens is 2. The molecule has 3 N–H and O–H groups in total. The molecule has 1 aliphatic heterocycles. The summed E-state index contributed by atoms with van der Waals surface area (Å²) in [7, 11) is 0. The molecule has 1 unspecified atom stereocenters. The fourth-order valence-corrected chi connectivity index (χ4v) is 3.48. The van der Waals surface area contributed by atoms with E-state index in [0.717, 1.165) is 29.1 Å². The van der Waals surface area contributed by atoms with Crippen LogP contribution in [0.15, 0.2) is 36.7 Å². The maximum atomic E-state index is 12.9. The van der Waals surface area contributed by atoms with Gasteiger partial charge in [0.05, 0.1) is 29.9 Å². The van der Waals surface area contributed by atoms with Crippen molar-refractivity contribution in [2.45, 2.75) is 39.8 Å². The van der Waals surface area contributed by atoms with E-state index in [1.165, 1.54) is 0 Å². The zero-order valence-electron chi connectivity index (χ0n) is 16.4. The highest BCUT2D eigenvalue weighted by Gasteiger charge is 2.42. The average Bonchev–Trinajstić information content (AvgIpc) is 3.16. The zero-order chi connectivity index (χ0) is 20.0. The van der Waals surface area contributed by atoms with Crippen LogP contribution in [-0.2, 0) is 22.7 Å². The second kappa shape index (κ2) is 8.93. The van der Waals surface area contributed by atoms with Gasteiger partial charge in [0.15, 0.2) is 0 Å². The standard InChI is InChI=1S/C21H27N5O2/c1-15-5-3-8-23-17(15)12-25-19(27)11-21(7-10-22-14-21)20(28)26-13-18-16(2)6-4-9-24-18/h3-6,8-9,22H,7,10-14H2,1-2H3,(H,25,27)(H,26,28). The van der Waals surface area contributed by atoms with Crippen molar-refractivity contribution >= 4 is 11.8 Å². The van der Waals surface area contributed by atoms with E-state index >= 15 is 0 Å². The maximum absolute atomic E-state index is 12.9. The van der Waals surface area contributed by atoms with E-state index in [1.807, 2.05) is 38.1 Å². The third-order valence-corrected chi connectivity index (χ3v) is 5.33. The molecule has 2 aromatic rings. The van der Waals surface area contributed by atoms with Gasteiger partial charge in [-0.15, -0.1) is 0 Å². The largest absolute Gasteiger partial charge is 0.350 e. The highest BCUT2D eigenvalue weighted by atomic mass is 16.2. The fraction of sp³-hybridized carbons (Fsp3) is 0.429. The second-order valence-electron chi connectivity index (χ2n) is 7.38. The van der Waals surface area contributed by atoms with Crippen molar-refractivity contribution in [1.82, 2.24) is 25.9 Å². The molecule has 28 heavy (non-hydrogen) atoms. The monoisotopic (exact) mass is 381 g/mol. The van der Waals surface area contributed by atoms with E-state index in [2.05, 4.69) is 25.9 Å². The molecule has 3 heterocycles. The first kappa shape index (κ1) is 19.9. The van der Waals surface area contributed by atoms with E-state index in [9.17, 15) is 9.59 Å². The molecule has 1 saturated heterocycles. The minimum atomic E-state index is -0.730. The smallest absolute Gasteiger partial charge is 0.228 e. The first-order chi connectivity index (χ1) is 13.5. The molecule has 0 aliphatic carbocycles. The number of pyridine rings is 2. The first-order valence-electron chi connectivity index (χ1n) is 9.57.